The Morgan fingerprint density at radius 3 is 3.00 bits per heavy atom. The normalized spacial score (nSPS) is 23.8. The molecule has 0 saturated carbocycles. The maximum Gasteiger partial charge on any atom is 0.228 e. The zero-order chi connectivity index (χ0) is 14.7. The second-order valence-electron chi connectivity index (χ2n) is 5.77. The first-order valence-corrected chi connectivity index (χ1v) is 7.87. The zero-order valence-electron chi connectivity index (χ0n) is 12.4. The first-order chi connectivity index (χ1) is 9.45. The Bertz CT molecular complexity index is 461. The molecule has 1 aliphatic heterocycles. The summed E-state index contributed by atoms with van der Waals surface area (Å²) in [5.41, 5.74) is 0.998. The number of likely N-dealkylation sites (tertiary alicyclic amines) is 1. The highest BCUT2D eigenvalue weighted by molar-refractivity contribution is 7.09. The van der Waals surface area contributed by atoms with E-state index in [9.17, 15) is 9.90 Å². The molecule has 1 aromatic heterocycles. The number of thiazole rings is 1. The van der Waals surface area contributed by atoms with Crippen LogP contribution in [0.4, 0.5) is 0 Å². The number of β-amino-alcohol motifs (C(OH)–C–C–N with tert-alkyl or cyclic N) is 1. The molecule has 2 rings (SSSR count). The van der Waals surface area contributed by atoms with Gasteiger partial charge in [0.2, 0.25) is 5.91 Å². The molecule has 2 unspecified atom stereocenters. The topological polar surface area (TPSA) is 56.7 Å². The maximum atomic E-state index is 11.6. The molecular formula is C14H23N3O2S. The van der Waals surface area contributed by atoms with Crippen LogP contribution in [-0.2, 0) is 17.8 Å². The standard InChI is InChI=1S/C14H23N3O2S/c1-10-4-5-17(8-12(10)18)7-11-9-20-13(15-11)6-14(19)16(2)3/h9-10,12,18H,4-8H2,1-3H3. The molecule has 0 bridgehead atoms. The van der Waals surface area contributed by atoms with Gasteiger partial charge in [-0.1, -0.05) is 6.92 Å². The SMILES string of the molecule is CC1CCN(Cc2csc(CC(=O)N(C)C)n2)CC1O. The second kappa shape index (κ2) is 6.65. The lowest BCUT2D eigenvalue weighted by Gasteiger charge is -2.33. The summed E-state index contributed by atoms with van der Waals surface area (Å²) in [5.74, 6) is 0.461. The zero-order valence-corrected chi connectivity index (χ0v) is 13.2. The second-order valence-corrected chi connectivity index (χ2v) is 6.71. The fraction of sp³-hybridized carbons (Fsp3) is 0.714. The largest absolute Gasteiger partial charge is 0.392 e. The molecule has 0 aliphatic carbocycles. The third kappa shape index (κ3) is 4.01. The Kier molecular flexibility index (Phi) is 5.12. The van der Waals surface area contributed by atoms with Gasteiger partial charge < -0.3 is 10.0 Å². The first kappa shape index (κ1) is 15.4. The fourth-order valence-corrected chi connectivity index (χ4v) is 3.05. The highest BCUT2D eigenvalue weighted by Gasteiger charge is 2.24. The van der Waals surface area contributed by atoms with Crippen molar-refractivity contribution in [2.24, 2.45) is 5.92 Å². The van der Waals surface area contributed by atoms with E-state index >= 15 is 0 Å². The van der Waals surface area contributed by atoms with Gasteiger partial charge in [0.25, 0.3) is 0 Å². The molecule has 112 valence electrons. The van der Waals surface area contributed by atoms with Crippen LogP contribution >= 0.6 is 11.3 Å². The van der Waals surface area contributed by atoms with E-state index in [1.165, 1.54) is 11.3 Å². The minimum Gasteiger partial charge on any atom is -0.392 e. The maximum absolute atomic E-state index is 11.6. The molecule has 2 heterocycles. The van der Waals surface area contributed by atoms with Crippen molar-refractivity contribution in [3.63, 3.8) is 0 Å². The molecule has 2 atom stereocenters. The van der Waals surface area contributed by atoms with Crippen molar-refractivity contribution in [1.29, 1.82) is 0 Å². The van der Waals surface area contributed by atoms with E-state index < -0.39 is 0 Å². The van der Waals surface area contributed by atoms with Gasteiger partial charge in [-0.25, -0.2) is 4.98 Å². The molecule has 1 fully saturated rings. The lowest BCUT2D eigenvalue weighted by Crippen LogP contribution is -2.42. The molecule has 1 amide bonds. The van der Waals surface area contributed by atoms with Crippen LogP contribution in [0.5, 0.6) is 0 Å². The smallest absolute Gasteiger partial charge is 0.228 e. The Morgan fingerprint density at radius 2 is 2.35 bits per heavy atom. The molecule has 1 aromatic rings. The quantitative estimate of drug-likeness (QED) is 0.900. The molecule has 6 heteroatoms. The number of likely N-dealkylation sites (N-methyl/N-ethyl adjacent to an activating group) is 1. The van der Waals surface area contributed by atoms with E-state index in [-0.39, 0.29) is 12.0 Å². The average molecular weight is 297 g/mol. The van der Waals surface area contributed by atoms with Gasteiger partial charge in [0.05, 0.1) is 18.2 Å². The summed E-state index contributed by atoms with van der Waals surface area (Å²) in [6.45, 7) is 4.57. The van der Waals surface area contributed by atoms with Gasteiger partial charge in [-0.15, -0.1) is 11.3 Å². The van der Waals surface area contributed by atoms with Gasteiger partial charge in [-0.3, -0.25) is 9.69 Å². The molecule has 1 saturated heterocycles. The Morgan fingerprint density at radius 1 is 1.60 bits per heavy atom. The molecular weight excluding hydrogens is 274 g/mol. The third-order valence-corrected chi connectivity index (χ3v) is 4.69. The number of aliphatic hydroxyl groups is 1. The van der Waals surface area contributed by atoms with Crippen molar-refractivity contribution in [2.45, 2.75) is 32.4 Å². The van der Waals surface area contributed by atoms with Crippen LogP contribution in [0.2, 0.25) is 0 Å². The van der Waals surface area contributed by atoms with E-state index in [4.69, 9.17) is 0 Å². The van der Waals surface area contributed by atoms with Crippen LogP contribution in [0.15, 0.2) is 5.38 Å². The van der Waals surface area contributed by atoms with Crippen LogP contribution in [0, 0.1) is 5.92 Å². The monoisotopic (exact) mass is 297 g/mol. The van der Waals surface area contributed by atoms with E-state index in [0.717, 1.165) is 30.2 Å². The summed E-state index contributed by atoms with van der Waals surface area (Å²) >= 11 is 1.54. The van der Waals surface area contributed by atoms with E-state index in [2.05, 4.69) is 16.8 Å². The Hall–Kier alpha value is -0.980. The minimum absolute atomic E-state index is 0.0770. The predicted octanol–water partition coefficient (Wildman–Crippen LogP) is 0.977. The minimum atomic E-state index is -0.239. The van der Waals surface area contributed by atoms with Gasteiger partial charge in [0.15, 0.2) is 0 Å². The number of amides is 1. The molecule has 20 heavy (non-hydrogen) atoms. The number of carbonyl (C=O) groups excluding carboxylic acids is 1. The van der Waals surface area contributed by atoms with Crippen molar-refractivity contribution < 1.29 is 9.90 Å². The van der Waals surface area contributed by atoms with E-state index in [0.29, 0.717) is 18.9 Å². The number of hydrogen-bond acceptors (Lipinski definition) is 5. The number of hydrogen-bond donors (Lipinski definition) is 1. The Balaban J connectivity index is 1.88. The summed E-state index contributed by atoms with van der Waals surface area (Å²) in [6.07, 6.45) is 1.16. The summed E-state index contributed by atoms with van der Waals surface area (Å²) in [6, 6.07) is 0. The third-order valence-electron chi connectivity index (χ3n) is 3.79. The van der Waals surface area contributed by atoms with Gasteiger partial charge in [0.1, 0.15) is 5.01 Å². The van der Waals surface area contributed by atoms with Crippen LogP contribution in [0.25, 0.3) is 0 Å². The number of nitrogens with zero attached hydrogens (tertiary/aromatic N) is 3. The first-order valence-electron chi connectivity index (χ1n) is 6.99. The summed E-state index contributed by atoms with van der Waals surface area (Å²) < 4.78 is 0. The van der Waals surface area contributed by atoms with Crippen molar-refractivity contribution >= 4 is 17.2 Å². The molecule has 0 radical (unpaired) electrons. The van der Waals surface area contributed by atoms with Crippen molar-refractivity contribution in [3.8, 4) is 0 Å². The van der Waals surface area contributed by atoms with Crippen LogP contribution in [-0.4, -0.2) is 59.1 Å². The predicted molar refractivity (Wildman–Crippen MR) is 79.6 cm³/mol. The molecule has 0 aromatic carbocycles. The number of aliphatic hydroxyl groups excluding tert-OH is 1. The summed E-state index contributed by atoms with van der Waals surface area (Å²) in [7, 11) is 3.51. The van der Waals surface area contributed by atoms with Crippen molar-refractivity contribution in [2.75, 3.05) is 27.2 Å². The number of aromatic nitrogens is 1. The highest BCUT2D eigenvalue weighted by Crippen LogP contribution is 2.20. The van der Waals surface area contributed by atoms with E-state index in [1.807, 2.05) is 5.38 Å². The van der Waals surface area contributed by atoms with E-state index in [1.54, 1.807) is 19.0 Å². The Labute approximate surface area is 124 Å². The highest BCUT2D eigenvalue weighted by atomic mass is 32.1. The van der Waals surface area contributed by atoms with Crippen LogP contribution in [0.3, 0.4) is 0 Å². The lowest BCUT2D eigenvalue weighted by molar-refractivity contribution is -0.127. The van der Waals surface area contributed by atoms with Crippen molar-refractivity contribution in [1.82, 2.24) is 14.8 Å². The number of carbonyl (C=O) groups is 1. The molecule has 0 spiro atoms. The van der Waals surface area contributed by atoms with Gasteiger partial charge in [0, 0.05) is 32.6 Å². The van der Waals surface area contributed by atoms with Gasteiger partial charge in [-0.05, 0) is 18.9 Å². The summed E-state index contributed by atoms with van der Waals surface area (Å²) in [5, 5.41) is 12.8. The van der Waals surface area contributed by atoms with Gasteiger partial charge in [-0.2, -0.15) is 0 Å². The van der Waals surface area contributed by atoms with Crippen LogP contribution < -0.4 is 0 Å². The van der Waals surface area contributed by atoms with Crippen molar-refractivity contribution in [3.05, 3.63) is 16.1 Å². The molecule has 5 nitrogen and oxygen atoms in total. The lowest BCUT2D eigenvalue weighted by atomic mass is 9.96. The number of piperidine rings is 1. The average Bonchev–Trinajstić information content (AvgIpc) is 2.81. The summed E-state index contributed by atoms with van der Waals surface area (Å²) in [4.78, 5) is 20.0. The molecule has 1 aliphatic rings. The van der Waals surface area contributed by atoms with Gasteiger partial charge >= 0.3 is 0 Å². The fourth-order valence-electron chi connectivity index (χ4n) is 2.28. The number of rotatable bonds is 4. The molecule has 1 N–H and O–H groups in total. The van der Waals surface area contributed by atoms with Crippen LogP contribution in [0.1, 0.15) is 24.0 Å².